The van der Waals surface area contributed by atoms with Crippen LogP contribution in [0.15, 0.2) is 0 Å². The smallest absolute Gasteiger partial charge is 0.341 e. The zero-order valence-corrected chi connectivity index (χ0v) is 6.55. The van der Waals surface area contributed by atoms with Crippen LogP contribution >= 0.6 is 0 Å². The first-order valence-electron chi connectivity index (χ1n) is 3.22. The first kappa shape index (κ1) is 12.2. The fourth-order valence-electron chi connectivity index (χ4n) is 0.645. The molecular weight excluding hydrogens is 196 g/mol. The zero-order chi connectivity index (χ0) is 10.8. The van der Waals surface area contributed by atoms with Crippen molar-refractivity contribution in [2.45, 2.75) is 31.3 Å². The molecule has 3 unspecified atom stereocenters. The first-order valence-corrected chi connectivity index (χ1v) is 3.22. The van der Waals surface area contributed by atoms with E-state index in [0.717, 1.165) is 0 Å². The van der Waals surface area contributed by atoms with Crippen LogP contribution in [0, 0.1) is 0 Å². The fraction of sp³-hybridized carbons (Fsp3) is 0.833. The van der Waals surface area contributed by atoms with E-state index in [1.165, 1.54) is 0 Å². The van der Waals surface area contributed by atoms with E-state index in [-0.39, 0.29) is 0 Å². The van der Waals surface area contributed by atoms with Crippen LogP contribution in [0.4, 0.5) is 17.6 Å². The lowest BCUT2D eigenvalue weighted by Gasteiger charge is -2.27. The molecule has 0 amide bonds. The number of carboxylic acid groups (broad SMARTS) is 1. The van der Waals surface area contributed by atoms with Gasteiger partial charge in [0.05, 0.1) is 0 Å². The van der Waals surface area contributed by atoms with Gasteiger partial charge < -0.3 is 10.2 Å². The molecular formula is C6H8F4O3. The van der Waals surface area contributed by atoms with Crippen LogP contribution in [0.1, 0.15) is 6.92 Å². The van der Waals surface area contributed by atoms with E-state index in [2.05, 4.69) is 0 Å². The van der Waals surface area contributed by atoms with Crippen LogP contribution in [0.2, 0.25) is 0 Å². The molecule has 0 saturated carbocycles. The Labute approximate surface area is 71.0 Å². The molecule has 0 rings (SSSR count). The van der Waals surface area contributed by atoms with Gasteiger partial charge in [-0.15, -0.1) is 0 Å². The number of aliphatic hydroxyl groups is 1. The molecule has 0 spiro atoms. The Morgan fingerprint density at radius 2 is 1.69 bits per heavy atom. The number of rotatable bonds is 4. The highest BCUT2D eigenvalue weighted by Gasteiger charge is 2.49. The van der Waals surface area contributed by atoms with Gasteiger partial charge >= 0.3 is 5.97 Å². The van der Waals surface area contributed by atoms with Gasteiger partial charge in [0, 0.05) is 0 Å². The molecule has 3 nitrogen and oxygen atoms in total. The highest BCUT2D eigenvalue weighted by Crippen LogP contribution is 2.25. The maximum absolute atomic E-state index is 12.5. The number of carbonyl (C=O) groups is 1. The Kier molecular flexibility index (Phi) is 3.65. The molecule has 0 aromatic rings. The largest absolute Gasteiger partial charge is 0.479 e. The summed E-state index contributed by atoms with van der Waals surface area (Å²) in [6, 6.07) is 0. The van der Waals surface area contributed by atoms with Gasteiger partial charge in [-0.1, -0.05) is 0 Å². The Hall–Kier alpha value is -0.850. The molecule has 0 saturated heterocycles. The molecule has 0 aromatic carbocycles. The average molecular weight is 204 g/mol. The van der Waals surface area contributed by atoms with Gasteiger partial charge in [0.15, 0.2) is 6.17 Å². The zero-order valence-electron chi connectivity index (χ0n) is 6.55. The normalized spacial score (nSPS) is 20.8. The summed E-state index contributed by atoms with van der Waals surface area (Å²) >= 11 is 0. The summed E-state index contributed by atoms with van der Waals surface area (Å²) in [5, 5.41) is 16.8. The lowest BCUT2D eigenvalue weighted by Crippen LogP contribution is -2.51. The SMILES string of the molecule is CC(O)(C(F)C(=O)O)C(F)C(F)F. The summed E-state index contributed by atoms with van der Waals surface area (Å²) in [7, 11) is 0. The molecule has 0 fully saturated rings. The lowest BCUT2D eigenvalue weighted by atomic mass is 9.95. The Morgan fingerprint density at radius 3 is 1.92 bits per heavy atom. The van der Waals surface area contributed by atoms with E-state index < -0.39 is 30.3 Å². The summed E-state index contributed by atoms with van der Waals surface area (Å²) in [4.78, 5) is 9.93. The van der Waals surface area contributed by atoms with Crippen molar-refractivity contribution in [3.63, 3.8) is 0 Å². The van der Waals surface area contributed by atoms with Crippen LogP contribution in [0.5, 0.6) is 0 Å². The highest BCUT2D eigenvalue weighted by molar-refractivity contribution is 5.73. The van der Waals surface area contributed by atoms with Gasteiger partial charge in [-0.25, -0.2) is 22.4 Å². The summed E-state index contributed by atoms with van der Waals surface area (Å²) < 4.78 is 48.2. The maximum atomic E-state index is 12.5. The summed E-state index contributed by atoms with van der Waals surface area (Å²) in [6.07, 6.45) is -9.96. The van der Waals surface area contributed by atoms with Crippen LogP contribution < -0.4 is 0 Å². The third-order valence-electron chi connectivity index (χ3n) is 1.51. The second-order valence-electron chi connectivity index (χ2n) is 2.66. The topological polar surface area (TPSA) is 57.5 Å². The number of carboxylic acids is 1. The van der Waals surface area contributed by atoms with Gasteiger partial charge in [0.2, 0.25) is 6.17 Å². The molecule has 0 bridgehead atoms. The van der Waals surface area contributed by atoms with Gasteiger partial charge in [-0.2, -0.15) is 0 Å². The Morgan fingerprint density at radius 1 is 1.31 bits per heavy atom. The molecule has 0 heterocycles. The second-order valence-corrected chi connectivity index (χ2v) is 2.66. The van der Waals surface area contributed by atoms with E-state index in [1.807, 2.05) is 0 Å². The molecule has 0 aliphatic heterocycles. The standard InChI is InChI=1S/C6H8F4O3/c1-6(13,2(7)4(9)10)3(8)5(11)12/h2-4,13H,1H3,(H,11,12). The molecule has 7 heteroatoms. The van der Waals surface area contributed by atoms with Crippen molar-refractivity contribution in [2.24, 2.45) is 0 Å². The molecule has 0 radical (unpaired) electrons. The van der Waals surface area contributed by atoms with Gasteiger partial charge in [0.25, 0.3) is 6.43 Å². The van der Waals surface area contributed by atoms with Crippen LogP contribution in [0.25, 0.3) is 0 Å². The predicted molar refractivity (Wildman–Crippen MR) is 34.1 cm³/mol. The van der Waals surface area contributed by atoms with Crippen LogP contribution in [0.3, 0.4) is 0 Å². The van der Waals surface area contributed by atoms with Crippen molar-refractivity contribution in [3.8, 4) is 0 Å². The molecule has 3 atom stereocenters. The minimum absolute atomic E-state index is 0.364. The second kappa shape index (κ2) is 3.91. The summed E-state index contributed by atoms with van der Waals surface area (Å²) in [6.45, 7) is 0.364. The van der Waals surface area contributed by atoms with Gasteiger partial charge in [0.1, 0.15) is 5.60 Å². The summed E-state index contributed by atoms with van der Waals surface area (Å²) in [5.74, 6) is -2.19. The average Bonchev–Trinajstić information content (AvgIpc) is 2.01. The van der Waals surface area contributed by atoms with E-state index >= 15 is 0 Å². The van der Waals surface area contributed by atoms with Crippen molar-refractivity contribution in [1.82, 2.24) is 0 Å². The maximum Gasteiger partial charge on any atom is 0.341 e. The Bertz CT molecular complexity index is 194. The van der Waals surface area contributed by atoms with E-state index in [1.54, 1.807) is 0 Å². The van der Waals surface area contributed by atoms with Crippen LogP contribution in [-0.2, 0) is 4.79 Å². The fourth-order valence-corrected chi connectivity index (χ4v) is 0.645. The number of halogens is 4. The third kappa shape index (κ3) is 2.55. The predicted octanol–water partition coefficient (Wildman–Crippen LogP) is 0.763. The molecule has 78 valence electrons. The monoisotopic (exact) mass is 204 g/mol. The first-order chi connectivity index (χ1) is 5.71. The van der Waals surface area contributed by atoms with Crippen molar-refractivity contribution in [3.05, 3.63) is 0 Å². The van der Waals surface area contributed by atoms with Crippen LogP contribution in [-0.4, -0.2) is 40.6 Å². The minimum atomic E-state index is -3.63. The Balaban J connectivity index is 4.64. The van der Waals surface area contributed by atoms with Crippen molar-refractivity contribution in [2.75, 3.05) is 0 Å². The van der Waals surface area contributed by atoms with Crippen molar-refractivity contribution >= 4 is 5.97 Å². The van der Waals surface area contributed by atoms with Gasteiger partial charge in [-0.3, -0.25) is 0 Å². The molecule has 0 aromatic heterocycles. The quantitative estimate of drug-likeness (QED) is 0.665. The highest BCUT2D eigenvalue weighted by atomic mass is 19.3. The van der Waals surface area contributed by atoms with E-state index in [4.69, 9.17) is 10.2 Å². The number of aliphatic carboxylic acids is 1. The van der Waals surface area contributed by atoms with E-state index in [0.29, 0.717) is 6.92 Å². The molecule has 0 aliphatic carbocycles. The third-order valence-corrected chi connectivity index (χ3v) is 1.51. The van der Waals surface area contributed by atoms with Gasteiger partial charge in [-0.05, 0) is 6.92 Å². The number of hydrogen-bond acceptors (Lipinski definition) is 2. The number of hydrogen-bond donors (Lipinski definition) is 2. The minimum Gasteiger partial charge on any atom is -0.479 e. The number of alkyl halides is 4. The summed E-state index contributed by atoms with van der Waals surface area (Å²) in [5.41, 5.74) is -3.22. The lowest BCUT2D eigenvalue weighted by molar-refractivity contribution is -0.167. The van der Waals surface area contributed by atoms with Crippen molar-refractivity contribution < 1.29 is 32.6 Å². The van der Waals surface area contributed by atoms with E-state index in [9.17, 15) is 22.4 Å². The van der Waals surface area contributed by atoms with Crippen molar-refractivity contribution in [1.29, 1.82) is 0 Å². The molecule has 2 N–H and O–H groups in total. The molecule has 0 aliphatic rings. The molecule has 13 heavy (non-hydrogen) atoms.